The molecule has 6 rings (SSSR count). The van der Waals surface area contributed by atoms with Gasteiger partial charge in [-0.2, -0.15) is 0 Å². The van der Waals surface area contributed by atoms with E-state index in [0.717, 1.165) is 44.0 Å². The second-order valence-electron chi connectivity index (χ2n) is 12.0. The highest BCUT2D eigenvalue weighted by atomic mass is 32.2. The third-order valence-electron chi connectivity index (χ3n) is 8.59. The van der Waals surface area contributed by atoms with E-state index in [1.165, 1.54) is 6.92 Å². The van der Waals surface area contributed by atoms with Crippen molar-refractivity contribution in [1.29, 1.82) is 0 Å². The van der Waals surface area contributed by atoms with E-state index in [0.29, 0.717) is 17.9 Å². The van der Waals surface area contributed by atoms with Crippen LogP contribution < -0.4 is 10.6 Å². The van der Waals surface area contributed by atoms with Gasteiger partial charge in [-0.05, 0) is 64.2 Å². The molecule has 0 aliphatic carbocycles. The summed E-state index contributed by atoms with van der Waals surface area (Å²) in [5.74, 6) is 0.489. The number of rotatable bonds is 11. The molecule has 0 saturated carbocycles. The Morgan fingerprint density at radius 1 is 0.857 bits per heavy atom. The van der Waals surface area contributed by atoms with Crippen LogP contribution in [0.3, 0.4) is 0 Å². The van der Waals surface area contributed by atoms with Crippen LogP contribution in [0.15, 0.2) is 126 Å². The Hall–Kier alpha value is -4.80. The van der Waals surface area contributed by atoms with Crippen LogP contribution >= 0.6 is 11.8 Å². The first-order chi connectivity index (χ1) is 23.9. The summed E-state index contributed by atoms with van der Waals surface area (Å²) in [5, 5.41) is 15.4. The third kappa shape index (κ3) is 8.63. The molecule has 0 bridgehead atoms. The number of benzene rings is 4. The molecule has 3 N–H and O–H groups in total. The molecular weight excluding hydrogens is 635 g/mol. The molecule has 9 heteroatoms. The fourth-order valence-electron chi connectivity index (χ4n) is 5.88. The standard InChI is InChI=1S/C40H39N3O5S/c1-26-37(25-49-35-19-17-34(18-20-35)43-27(2)45)47-40(48-38(26)30-11-9-28(24-44)10-12-30)31-15-13-29(14-16-31)36-8-4-3-6-32(36)23-42-39(46)33-7-5-21-41-22-33/h3-22,26,37-38,40,44H,23-25H2,1-2H3,(H,42,46)(H,43,45)/t26-,37+,38+,40+/m1/s1. The predicted molar refractivity (Wildman–Crippen MR) is 192 cm³/mol. The molecule has 1 aliphatic rings. The van der Waals surface area contributed by atoms with Crippen molar-refractivity contribution in [3.8, 4) is 11.1 Å². The van der Waals surface area contributed by atoms with Crippen molar-refractivity contribution < 1.29 is 24.2 Å². The first-order valence-corrected chi connectivity index (χ1v) is 17.2. The smallest absolute Gasteiger partial charge is 0.253 e. The molecule has 0 radical (unpaired) electrons. The third-order valence-corrected chi connectivity index (χ3v) is 9.69. The number of carbonyl (C=O) groups excluding carboxylic acids is 2. The molecule has 1 fully saturated rings. The van der Waals surface area contributed by atoms with Gasteiger partial charge >= 0.3 is 0 Å². The second-order valence-corrected chi connectivity index (χ2v) is 13.1. The van der Waals surface area contributed by atoms with Crippen LogP contribution in [0.1, 0.15) is 58.9 Å². The lowest BCUT2D eigenvalue weighted by atomic mass is 9.91. The maximum Gasteiger partial charge on any atom is 0.253 e. The predicted octanol–water partition coefficient (Wildman–Crippen LogP) is 7.71. The highest BCUT2D eigenvalue weighted by Crippen LogP contribution is 2.43. The minimum atomic E-state index is -0.588. The number of anilines is 1. The molecule has 1 saturated heterocycles. The van der Waals surface area contributed by atoms with Crippen molar-refractivity contribution >= 4 is 29.3 Å². The summed E-state index contributed by atoms with van der Waals surface area (Å²) in [5.41, 5.74) is 7.12. The van der Waals surface area contributed by atoms with Gasteiger partial charge in [0.1, 0.15) is 0 Å². The zero-order valence-electron chi connectivity index (χ0n) is 27.4. The summed E-state index contributed by atoms with van der Waals surface area (Å²) in [4.78, 5) is 29.2. The first-order valence-electron chi connectivity index (χ1n) is 16.3. The molecule has 1 aromatic heterocycles. The van der Waals surface area contributed by atoms with Crippen LogP contribution in [0.4, 0.5) is 5.69 Å². The van der Waals surface area contributed by atoms with Gasteiger partial charge in [0.15, 0.2) is 6.29 Å². The molecule has 4 atom stereocenters. The Bertz CT molecular complexity index is 1850. The van der Waals surface area contributed by atoms with Gasteiger partial charge in [0, 0.05) is 53.7 Å². The summed E-state index contributed by atoms with van der Waals surface area (Å²) < 4.78 is 13.3. The molecule has 4 aromatic carbocycles. The molecule has 0 unspecified atom stereocenters. The van der Waals surface area contributed by atoms with E-state index >= 15 is 0 Å². The van der Waals surface area contributed by atoms with E-state index in [1.54, 1.807) is 36.3 Å². The van der Waals surface area contributed by atoms with Gasteiger partial charge in [-0.15, -0.1) is 11.8 Å². The molecule has 8 nitrogen and oxygen atoms in total. The van der Waals surface area contributed by atoms with E-state index in [-0.39, 0.29) is 36.5 Å². The zero-order valence-corrected chi connectivity index (χ0v) is 28.2. The summed E-state index contributed by atoms with van der Waals surface area (Å²) in [6, 6.07) is 35.4. The maximum absolute atomic E-state index is 12.7. The Morgan fingerprint density at radius 3 is 2.29 bits per heavy atom. The maximum atomic E-state index is 12.7. The molecule has 0 spiro atoms. The molecule has 2 heterocycles. The quantitative estimate of drug-likeness (QED) is 0.123. The topological polar surface area (TPSA) is 110 Å². The summed E-state index contributed by atoms with van der Waals surface area (Å²) in [6.45, 7) is 4.01. The van der Waals surface area contributed by atoms with Crippen LogP contribution in [0.2, 0.25) is 0 Å². The van der Waals surface area contributed by atoms with E-state index in [4.69, 9.17) is 9.47 Å². The summed E-state index contributed by atoms with van der Waals surface area (Å²) in [6.07, 6.45) is 2.27. The number of nitrogens with zero attached hydrogens (tertiary/aromatic N) is 1. The largest absolute Gasteiger partial charge is 0.392 e. The van der Waals surface area contributed by atoms with Crippen LogP contribution in [0.5, 0.6) is 0 Å². The second kappa shape index (κ2) is 16.1. The number of carbonyl (C=O) groups is 2. The highest BCUT2D eigenvalue weighted by molar-refractivity contribution is 7.99. The van der Waals surface area contributed by atoms with Crippen molar-refractivity contribution in [2.45, 2.75) is 50.4 Å². The van der Waals surface area contributed by atoms with Crippen LogP contribution in [-0.4, -0.2) is 33.8 Å². The number of pyridine rings is 1. The Kier molecular flexibility index (Phi) is 11.2. The van der Waals surface area contributed by atoms with Gasteiger partial charge < -0.3 is 25.2 Å². The van der Waals surface area contributed by atoms with Crippen molar-refractivity contribution in [3.63, 3.8) is 0 Å². The van der Waals surface area contributed by atoms with Crippen molar-refractivity contribution in [3.05, 3.63) is 149 Å². The number of aromatic nitrogens is 1. The lowest BCUT2D eigenvalue weighted by Gasteiger charge is -2.41. The normalized spacial score (nSPS) is 18.8. The van der Waals surface area contributed by atoms with Crippen LogP contribution in [0.25, 0.3) is 11.1 Å². The summed E-state index contributed by atoms with van der Waals surface area (Å²) in [7, 11) is 0. The fourth-order valence-corrected chi connectivity index (χ4v) is 6.94. The van der Waals surface area contributed by atoms with Crippen LogP contribution in [0, 0.1) is 5.92 Å². The number of aliphatic hydroxyl groups excluding tert-OH is 1. The number of hydrogen-bond donors (Lipinski definition) is 3. The van der Waals surface area contributed by atoms with E-state index in [2.05, 4.69) is 40.7 Å². The average Bonchev–Trinajstić information content (AvgIpc) is 3.14. The number of aliphatic hydroxyl groups is 1. The summed E-state index contributed by atoms with van der Waals surface area (Å²) >= 11 is 1.71. The first kappa shape index (κ1) is 34.1. The van der Waals surface area contributed by atoms with E-state index in [1.807, 2.05) is 78.9 Å². The SMILES string of the molecule is CC(=O)Nc1ccc(SC[C@@H]2O[C@H](c3ccc(-c4ccccc4CNC(=O)c4cccnc4)cc3)O[C@H](c3ccc(CO)cc3)[C@@H]2C)cc1. The molecule has 250 valence electrons. The van der Waals surface area contributed by atoms with Gasteiger partial charge in [-0.1, -0.05) is 79.7 Å². The van der Waals surface area contributed by atoms with Crippen molar-refractivity contribution in [1.82, 2.24) is 10.3 Å². The van der Waals surface area contributed by atoms with Gasteiger partial charge in [-0.3, -0.25) is 14.6 Å². The molecule has 49 heavy (non-hydrogen) atoms. The number of nitrogens with one attached hydrogen (secondary N) is 2. The Morgan fingerprint density at radius 2 is 1.59 bits per heavy atom. The van der Waals surface area contributed by atoms with Crippen molar-refractivity contribution in [2.24, 2.45) is 5.92 Å². The number of amides is 2. The Labute approximate surface area is 290 Å². The van der Waals surface area contributed by atoms with Gasteiger partial charge in [-0.25, -0.2) is 0 Å². The number of hydrogen-bond acceptors (Lipinski definition) is 7. The molecule has 2 amide bonds. The minimum Gasteiger partial charge on any atom is -0.392 e. The zero-order chi connectivity index (χ0) is 34.2. The lowest BCUT2D eigenvalue weighted by Crippen LogP contribution is -2.38. The van der Waals surface area contributed by atoms with Crippen LogP contribution in [-0.2, 0) is 27.4 Å². The number of ether oxygens (including phenoxy) is 2. The Balaban J connectivity index is 1.19. The minimum absolute atomic E-state index is 0.0144. The van der Waals surface area contributed by atoms with Gasteiger partial charge in [0.25, 0.3) is 5.91 Å². The van der Waals surface area contributed by atoms with E-state index < -0.39 is 6.29 Å². The van der Waals surface area contributed by atoms with E-state index in [9.17, 15) is 14.7 Å². The lowest BCUT2D eigenvalue weighted by molar-refractivity contribution is -0.268. The number of thioether (sulfide) groups is 1. The molecular formula is C40H39N3O5S. The van der Waals surface area contributed by atoms with Crippen molar-refractivity contribution in [2.75, 3.05) is 11.1 Å². The highest BCUT2D eigenvalue weighted by Gasteiger charge is 2.38. The fraction of sp³-hybridized carbons (Fsp3) is 0.225. The van der Waals surface area contributed by atoms with Gasteiger partial charge in [0.05, 0.1) is 24.4 Å². The molecule has 5 aromatic rings. The van der Waals surface area contributed by atoms with Gasteiger partial charge in [0.2, 0.25) is 5.91 Å². The monoisotopic (exact) mass is 673 g/mol. The average molecular weight is 674 g/mol. The molecule has 1 aliphatic heterocycles.